The van der Waals surface area contributed by atoms with Crippen LogP contribution >= 0.6 is 0 Å². The molecule has 0 saturated heterocycles. The third kappa shape index (κ3) is 4.38. The number of ether oxygens (including phenoxy) is 2. The van der Waals surface area contributed by atoms with Gasteiger partial charge < -0.3 is 30.0 Å². The van der Waals surface area contributed by atoms with Crippen LogP contribution in [-0.2, 0) is 4.74 Å². The first-order valence-electron chi connectivity index (χ1n) is 10.6. The number of H-pyrrole nitrogens is 1. The topological polar surface area (TPSA) is 112 Å². The number of fused-ring (bicyclic) bond motifs is 1. The zero-order chi connectivity index (χ0) is 25.4. The molecule has 0 saturated carbocycles. The van der Waals surface area contributed by atoms with Gasteiger partial charge in [0.2, 0.25) is 0 Å². The Morgan fingerprint density at radius 2 is 1.89 bits per heavy atom. The molecule has 1 aliphatic rings. The normalized spacial score (nSPS) is 17.5. The average Bonchev–Trinajstić information content (AvgIpc) is 3.30. The fourth-order valence-corrected chi connectivity index (χ4v) is 3.66. The van der Waals surface area contributed by atoms with Crippen molar-refractivity contribution in [3.8, 4) is 28.4 Å². The SMILES string of the molecule is OCC1(F)CN=C(Nc2cc(F)c(Oc3ccnc4[nH]cc(-c5ccc(F)c(O)c5)c34)c(F)c2)OC1. The van der Waals surface area contributed by atoms with Gasteiger partial charge in [-0.2, -0.15) is 0 Å². The number of phenolic OH excluding ortho intramolecular Hbond substituents is 1. The van der Waals surface area contributed by atoms with Gasteiger partial charge >= 0.3 is 0 Å². The lowest BCUT2D eigenvalue weighted by Crippen LogP contribution is -2.43. The van der Waals surface area contributed by atoms with Crippen LogP contribution in [0.2, 0.25) is 0 Å². The van der Waals surface area contributed by atoms with Crippen LogP contribution in [0, 0.1) is 17.5 Å². The number of aliphatic hydroxyl groups excluding tert-OH is 1. The number of nitrogens with zero attached hydrogens (tertiary/aromatic N) is 2. The number of phenols is 1. The molecule has 2 aromatic heterocycles. The Morgan fingerprint density at radius 3 is 2.56 bits per heavy atom. The van der Waals surface area contributed by atoms with Crippen molar-refractivity contribution < 1.29 is 37.2 Å². The van der Waals surface area contributed by atoms with Gasteiger partial charge in [-0.3, -0.25) is 0 Å². The molecule has 1 aliphatic heterocycles. The van der Waals surface area contributed by atoms with E-state index in [0.29, 0.717) is 22.2 Å². The molecule has 186 valence electrons. The van der Waals surface area contributed by atoms with E-state index < -0.39 is 47.8 Å². The van der Waals surface area contributed by atoms with Crippen LogP contribution in [0.15, 0.2) is 53.8 Å². The Labute approximate surface area is 200 Å². The highest BCUT2D eigenvalue weighted by molar-refractivity contribution is 5.98. The van der Waals surface area contributed by atoms with Crippen LogP contribution in [-0.4, -0.2) is 51.6 Å². The van der Waals surface area contributed by atoms with E-state index in [-0.39, 0.29) is 24.0 Å². The van der Waals surface area contributed by atoms with Gasteiger partial charge in [-0.15, -0.1) is 0 Å². The lowest BCUT2D eigenvalue weighted by molar-refractivity contribution is 0.0181. The monoisotopic (exact) mass is 502 g/mol. The fourth-order valence-electron chi connectivity index (χ4n) is 3.66. The van der Waals surface area contributed by atoms with Crippen molar-refractivity contribution in [2.24, 2.45) is 4.99 Å². The summed E-state index contributed by atoms with van der Waals surface area (Å²) in [5.74, 6) is -4.10. The Morgan fingerprint density at radius 1 is 1.11 bits per heavy atom. The quantitative estimate of drug-likeness (QED) is 0.296. The maximum atomic E-state index is 14.9. The number of anilines is 1. The zero-order valence-corrected chi connectivity index (χ0v) is 18.4. The van der Waals surface area contributed by atoms with Crippen LogP contribution < -0.4 is 10.1 Å². The second kappa shape index (κ2) is 9.04. The van der Waals surface area contributed by atoms with Crippen molar-refractivity contribution >= 4 is 22.7 Å². The Hall–Kier alpha value is -4.32. The Bertz CT molecular complexity index is 1470. The molecular formula is C24H18F4N4O4. The number of nitrogens with one attached hydrogen (secondary N) is 2. The van der Waals surface area contributed by atoms with E-state index >= 15 is 0 Å². The van der Waals surface area contributed by atoms with Crippen molar-refractivity contribution in [2.45, 2.75) is 5.67 Å². The highest BCUT2D eigenvalue weighted by Crippen LogP contribution is 2.39. The van der Waals surface area contributed by atoms with E-state index in [9.17, 15) is 22.7 Å². The van der Waals surface area contributed by atoms with Crippen molar-refractivity contribution in [3.63, 3.8) is 0 Å². The largest absolute Gasteiger partial charge is 0.505 e. The number of aromatic amines is 1. The van der Waals surface area contributed by atoms with Crippen molar-refractivity contribution in [1.82, 2.24) is 9.97 Å². The molecule has 1 atom stereocenters. The van der Waals surface area contributed by atoms with Gasteiger partial charge in [-0.1, -0.05) is 6.07 Å². The molecule has 0 spiro atoms. The maximum Gasteiger partial charge on any atom is 0.289 e. The van der Waals surface area contributed by atoms with Gasteiger partial charge in [0.1, 0.15) is 18.0 Å². The molecule has 2 aromatic carbocycles. The molecular weight excluding hydrogens is 484 g/mol. The molecule has 12 heteroatoms. The smallest absolute Gasteiger partial charge is 0.289 e. The van der Waals surface area contributed by atoms with E-state index in [1.54, 1.807) is 6.20 Å². The number of pyridine rings is 1. The summed E-state index contributed by atoms with van der Waals surface area (Å²) in [5, 5.41) is 21.7. The summed E-state index contributed by atoms with van der Waals surface area (Å²) in [7, 11) is 0. The summed E-state index contributed by atoms with van der Waals surface area (Å²) in [6.45, 7) is -1.61. The number of aliphatic hydroxyl groups is 1. The second-order valence-corrected chi connectivity index (χ2v) is 8.12. The van der Waals surface area contributed by atoms with Gasteiger partial charge in [0.15, 0.2) is 34.6 Å². The number of aromatic hydroxyl groups is 1. The molecule has 0 aliphatic carbocycles. The predicted molar refractivity (Wildman–Crippen MR) is 122 cm³/mol. The molecule has 4 N–H and O–H groups in total. The van der Waals surface area contributed by atoms with Crippen LogP contribution in [0.25, 0.3) is 22.2 Å². The van der Waals surface area contributed by atoms with Gasteiger partial charge in [-0.05, 0) is 23.8 Å². The molecule has 5 rings (SSSR count). The zero-order valence-electron chi connectivity index (χ0n) is 18.4. The minimum atomic E-state index is -2.01. The molecule has 1 unspecified atom stereocenters. The van der Waals surface area contributed by atoms with E-state index in [4.69, 9.17) is 14.6 Å². The summed E-state index contributed by atoms with van der Waals surface area (Å²) in [6.07, 6.45) is 2.92. The average molecular weight is 502 g/mol. The van der Waals surface area contributed by atoms with E-state index in [1.165, 1.54) is 24.4 Å². The number of hydrogen-bond donors (Lipinski definition) is 4. The van der Waals surface area contributed by atoms with Gasteiger partial charge in [0.05, 0.1) is 18.5 Å². The number of hydrogen-bond acceptors (Lipinski definition) is 7. The predicted octanol–water partition coefficient (Wildman–Crippen LogP) is 4.64. The minimum absolute atomic E-state index is 0.0573. The van der Waals surface area contributed by atoms with Gasteiger partial charge in [0.25, 0.3) is 6.02 Å². The first-order valence-corrected chi connectivity index (χ1v) is 10.6. The van der Waals surface area contributed by atoms with Crippen LogP contribution in [0.5, 0.6) is 17.2 Å². The molecule has 0 fully saturated rings. The van der Waals surface area contributed by atoms with Crippen molar-refractivity contribution in [1.29, 1.82) is 0 Å². The Balaban J connectivity index is 1.45. The number of alkyl halides is 1. The summed E-state index contributed by atoms with van der Waals surface area (Å²) in [6, 6.07) is 6.87. The first-order chi connectivity index (χ1) is 17.3. The molecule has 3 heterocycles. The van der Waals surface area contributed by atoms with Crippen molar-refractivity contribution in [3.05, 3.63) is 66.2 Å². The molecule has 0 amide bonds. The number of amidine groups is 1. The number of aromatic nitrogens is 2. The van der Waals surface area contributed by atoms with Gasteiger partial charge in [0, 0.05) is 35.8 Å². The summed E-state index contributed by atoms with van der Waals surface area (Å²) < 4.78 is 68.0. The first kappa shape index (κ1) is 23.4. The molecule has 4 aromatic rings. The fraction of sp³-hybridized carbons (Fsp3) is 0.167. The lowest BCUT2D eigenvalue weighted by Gasteiger charge is -2.26. The van der Waals surface area contributed by atoms with E-state index in [1.807, 2.05) is 0 Å². The molecule has 8 nitrogen and oxygen atoms in total. The number of aliphatic imine (C=N–C) groups is 1. The van der Waals surface area contributed by atoms with E-state index in [2.05, 4.69) is 20.3 Å². The van der Waals surface area contributed by atoms with Crippen LogP contribution in [0.3, 0.4) is 0 Å². The van der Waals surface area contributed by atoms with Crippen molar-refractivity contribution in [2.75, 3.05) is 25.1 Å². The van der Waals surface area contributed by atoms with Gasteiger partial charge in [-0.25, -0.2) is 27.5 Å². The number of halogens is 4. The molecule has 0 radical (unpaired) electrons. The summed E-state index contributed by atoms with van der Waals surface area (Å²) >= 11 is 0. The maximum absolute atomic E-state index is 14.9. The number of rotatable bonds is 5. The minimum Gasteiger partial charge on any atom is -0.505 e. The third-order valence-corrected chi connectivity index (χ3v) is 5.51. The standard InChI is InChI=1S/C24H18F4N4O4/c25-15-2-1-12(5-18(15)34)14-8-30-22-20(14)19(3-4-29-22)36-21-16(26)6-13(7-17(21)27)32-23-31-9-24(28,10-33)11-35-23/h1-8,33-34H,9-11H2,(H,29,30)(H,31,32). The second-order valence-electron chi connectivity index (χ2n) is 8.12. The molecule has 0 bridgehead atoms. The summed E-state index contributed by atoms with van der Waals surface area (Å²) in [4.78, 5) is 10.9. The van der Waals surface area contributed by atoms with Crippen LogP contribution in [0.1, 0.15) is 0 Å². The van der Waals surface area contributed by atoms with E-state index in [0.717, 1.165) is 18.2 Å². The lowest BCUT2D eigenvalue weighted by atomic mass is 10.0. The van der Waals surface area contributed by atoms with Crippen LogP contribution in [0.4, 0.5) is 23.2 Å². The highest BCUT2D eigenvalue weighted by atomic mass is 19.1. The molecule has 36 heavy (non-hydrogen) atoms. The third-order valence-electron chi connectivity index (χ3n) is 5.51. The summed E-state index contributed by atoms with van der Waals surface area (Å²) in [5.41, 5.74) is -0.855. The number of benzene rings is 2. The Kier molecular flexibility index (Phi) is 5.88. The highest BCUT2D eigenvalue weighted by Gasteiger charge is 2.34.